The molecule has 2 N–H and O–H groups in total. The van der Waals surface area contributed by atoms with Crippen LogP contribution in [-0.4, -0.2) is 45.3 Å². The van der Waals surface area contributed by atoms with Crippen molar-refractivity contribution >= 4 is 39.8 Å². The number of halogens is 1. The standard InChI is InChI=1S/C25H24ClN7O/c1-32(24-20-8-7-18(26)13-23(20)33-15-29-31-25(33)30-24)19-5-3-4-16(12-19)17-6-9-22(28-14-17)21(27)10-11-34-2/h3-9,12-15,21H,10-11,27H2,1-2H3. The maximum Gasteiger partial charge on any atom is 0.257 e. The van der Waals surface area contributed by atoms with Crippen LogP contribution in [0.1, 0.15) is 18.2 Å². The summed E-state index contributed by atoms with van der Waals surface area (Å²) in [7, 11) is 3.66. The molecule has 3 heterocycles. The Kier molecular flexibility index (Phi) is 6.10. The van der Waals surface area contributed by atoms with Crippen LogP contribution in [0.25, 0.3) is 27.8 Å². The second-order valence-electron chi connectivity index (χ2n) is 8.07. The summed E-state index contributed by atoms with van der Waals surface area (Å²) in [5.74, 6) is 1.28. The highest BCUT2D eigenvalue weighted by Crippen LogP contribution is 2.33. The van der Waals surface area contributed by atoms with E-state index in [1.54, 1.807) is 13.4 Å². The van der Waals surface area contributed by atoms with Crippen LogP contribution in [0, 0.1) is 0 Å². The van der Waals surface area contributed by atoms with Crippen LogP contribution in [0.2, 0.25) is 5.02 Å². The summed E-state index contributed by atoms with van der Waals surface area (Å²) < 4.78 is 6.95. The minimum atomic E-state index is -0.147. The summed E-state index contributed by atoms with van der Waals surface area (Å²) in [6, 6.07) is 17.8. The number of hydrogen-bond acceptors (Lipinski definition) is 7. The van der Waals surface area contributed by atoms with E-state index in [4.69, 9.17) is 27.1 Å². The zero-order valence-corrected chi connectivity index (χ0v) is 19.6. The van der Waals surface area contributed by atoms with Crippen molar-refractivity contribution in [3.63, 3.8) is 0 Å². The Balaban J connectivity index is 1.49. The molecule has 172 valence electrons. The van der Waals surface area contributed by atoms with Gasteiger partial charge < -0.3 is 15.4 Å². The molecule has 0 aliphatic rings. The number of nitrogens with zero attached hydrogens (tertiary/aromatic N) is 6. The van der Waals surface area contributed by atoms with E-state index in [-0.39, 0.29) is 6.04 Å². The predicted octanol–water partition coefficient (Wildman–Crippen LogP) is 4.80. The second-order valence-corrected chi connectivity index (χ2v) is 8.50. The van der Waals surface area contributed by atoms with E-state index in [1.165, 1.54) is 0 Å². The monoisotopic (exact) mass is 473 g/mol. The lowest BCUT2D eigenvalue weighted by Crippen LogP contribution is -2.14. The van der Waals surface area contributed by atoms with Gasteiger partial charge in [0.05, 0.1) is 11.2 Å². The van der Waals surface area contributed by atoms with Crippen LogP contribution in [0.4, 0.5) is 11.5 Å². The number of methoxy groups -OCH3 is 1. The molecule has 0 fully saturated rings. The maximum absolute atomic E-state index is 6.27. The van der Waals surface area contributed by atoms with Gasteiger partial charge in [-0.1, -0.05) is 29.8 Å². The fourth-order valence-corrected chi connectivity index (χ4v) is 4.15. The van der Waals surface area contributed by atoms with Crippen molar-refractivity contribution in [2.24, 2.45) is 5.73 Å². The van der Waals surface area contributed by atoms with Crippen molar-refractivity contribution in [1.29, 1.82) is 0 Å². The van der Waals surface area contributed by atoms with Crippen LogP contribution < -0.4 is 10.6 Å². The molecule has 0 saturated heterocycles. The first kappa shape index (κ1) is 22.2. The maximum atomic E-state index is 6.27. The van der Waals surface area contributed by atoms with Gasteiger partial charge in [0.15, 0.2) is 0 Å². The van der Waals surface area contributed by atoms with Crippen LogP contribution in [-0.2, 0) is 4.74 Å². The van der Waals surface area contributed by atoms with E-state index in [2.05, 4.69) is 27.3 Å². The number of aromatic nitrogens is 5. The lowest BCUT2D eigenvalue weighted by Gasteiger charge is -2.21. The topological polar surface area (TPSA) is 94.5 Å². The number of nitrogens with two attached hydrogens (primary N) is 1. The fourth-order valence-electron chi connectivity index (χ4n) is 3.98. The number of anilines is 2. The van der Waals surface area contributed by atoms with Gasteiger partial charge in [0.2, 0.25) is 0 Å². The minimum Gasteiger partial charge on any atom is -0.385 e. The third-order valence-corrected chi connectivity index (χ3v) is 6.11. The van der Waals surface area contributed by atoms with Crippen molar-refractivity contribution < 1.29 is 4.74 Å². The highest BCUT2D eigenvalue weighted by molar-refractivity contribution is 6.31. The number of benzene rings is 2. The molecular formula is C25H24ClN7O. The molecule has 0 amide bonds. The van der Waals surface area contributed by atoms with Crippen molar-refractivity contribution in [1.82, 2.24) is 24.6 Å². The summed E-state index contributed by atoms with van der Waals surface area (Å²) in [5.41, 5.74) is 11.0. The Morgan fingerprint density at radius 1 is 1.12 bits per heavy atom. The van der Waals surface area contributed by atoms with Crippen LogP contribution in [0.15, 0.2) is 67.1 Å². The first-order chi connectivity index (χ1) is 16.5. The molecular weight excluding hydrogens is 450 g/mol. The van der Waals surface area contributed by atoms with Gasteiger partial charge in [0.1, 0.15) is 12.1 Å². The normalized spacial score (nSPS) is 12.4. The molecule has 0 radical (unpaired) electrons. The molecule has 9 heteroatoms. The van der Waals surface area contributed by atoms with E-state index in [0.29, 0.717) is 17.4 Å². The van der Waals surface area contributed by atoms with Crippen LogP contribution in [0.3, 0.4) is 0 Å². The van der Waals surface area contributed by atoms with Crippen LogP contribution >= 0.6 is 11.6 Å². The Morgan fingerprint density at radius 2 is 2.00 bits per heavy atom. The zero-order valence-electron chi connectivity index (χ0n) is 18.9. The van der Waals surface area contributed by atoms with E-state index in [9.17, 15) is 0 Å². The summed E-state index contributed by atoms with van der Waals surface area (Å²) in [6.45, 7) is 0.606. The van der Waals surface area contributed by atoms with Crippen LogP contribution in [0.5, 0.6) is 0 Å². The Labute approximate surface area is 202 Å². The molecule has 0 spiro atoms. The number of ether oxygens (including phenoxy) is 1. The van der Waals surface area contributed by atoms with Crippen molar-refractivity contribution in [2.45, 2.75) is 12.5 Å². The molecule has 2 aromatic carbocycles. The summed E-state index contributed by atoms with van der Waals surface area (Å²) in [5, 5.41) is 9.74. The van der Waals surface area contributed by atoms with Gasteiger partial charge in [0.25, 0.3) is 5.78 Å². The number of rotatable bonds is 7. The fraction of sp³-hybridized carbons (Fsp3) is 0.200. The lowest BCUT2D eigenvalue weighted by atomic mass is 10.0. The Morgan fingerprint density at radius 3 is 2.79 bits per heavy atom. The molecule has 3 aromatic heterocycles. The second kappa shape index (κ2) is 9.34. The van der Waals surface area contributed by atoms with Gasteiger partial charge in [0, 0.05) is 54.7 Å². The number of fused-ring (bicyclic) bond motifs is 3. The summed E-state index contributed by atoms with van der Waals surface area (Å²) in [4.78, 5) is 11.4. The molecule has 1 atom stereocenters. The molecule has 5 rings (SSSR count). The van der Waals surface area contributed by atoms with E-state index < -0.39 is 0 Å². The van der Waals surface area contributed by atoms with Gasteiger partial charge >= 0.3 is 0 Å². The minimum absolute atomic E-state index is 0.147. The molecule has 34 heavy (non-hydrogen) atoms. The zero-order chi connectivity index (χ0) is 23.7. The average Bonchev–Trinajstić information content (AvgIpc) is 3.35. The molecule has 0 saturated carbocycles. The molecule has 8 nitrogen and oxygen atoms in total. The number of hydrogen-bond donors (Lipinski definition) is 1. The molecule has 1 unspecified atom stereocenters. The van der Waals surface area contributed by atoms with Gasteiger partial charge in [-0.2, -0.15) is 4.98 Å². The van der Waals surface area contributed by atoms with E-state index in [1.807, 2.05) is 65.0 Å². The first-order valence-electron chi connectivity index (χ1n) is 10.9. The Hall–Kier alpha value is -3.59. The largest absolute Gasteiger partial charge is 0.385 e. The highest BCUT2D eigenvalue weighted by atomic mass is 35.5. The third kappa shape index (κ3) is 4.19. The van der Waals surface area contributed by atoms with Gasteiger partial charge in [-0.15, -0.1) is 10.2 Å². The van der Waals surface area contributed by atoms with E-state index >= 15 is 0 Å². The van der Waals surface area contributed by atoms with Gasteiger partial charge in [-0.05, 0) is 48.4 Å². The summed E-state index contributed by atoms with van der Waals surface area (Å²) >= 11 is 6.27. The van der Waals surface area contributed by atoms with Crippen molar-refractivity contribution in [2.75, 3.05) is 25.7 Å². The van der Waals surface area contributed by atoms with Crippen molar-refractivity contribution in [3.05, 3.63) is 77.8 Å². The van der Waals surface area contributed by atoms with E-state index in [0.717, 1.165) is 45.6 Å². The predicted molar refractivity (Wildman–Crippen MR) is 134 cm³/mol. The van der Waals surface area contributed by atoms with Gasteiger partial charge in [-0.3, -0.25) is 9.38 Å². The third-order valence-electron chi connectivity index (χ3n) is 5.88. The molecule has 5 aromatic rings. The molecule has 0 aliphatic heterocycles. The van der Waals surface area contributed by atoms with Crippen molar-refractivity contribution in [3.8, 4) is 11.1 Å². The first-order valence-corrected chi connectivity index (χ1v) is 11.3. The molecule has 0 bridgehead atoms. The lowest BCUT2D eigenvalue weighted by molar-refractivity contribution is 0.187. The number of pyridine rings is 1. The smallest absolute Gasteiger partial charge is 0.257 e. The quantitative estimate of drug-likeness (QED) is 0.363. The molecule has 0 aliphatic carbocycles. The average molecular weight is 474 g/mol. The SMILES string of the molecule is COCCC(N)c1ccc(-c2cccc(N(C)c3nc4nncn4c4cc(Cl)ccc34)c2)cn1. The Bertz CT molecular complexity index is 1450. The summed E-state index contributed by atoms with van der Waals surface area (Å²) in [6.07, 6.45) is 4.23. The van der Waals surface area contributed by atoms with Gasteiger partial charge in [-0.25, -0.2) is 0 Å². The highest BCUT2D eigenvalue weighted by Gasteiger charge is 2.16.